The summed E-state index contributed by atoms with van der Waals surface area (Å²) in [5, 5.41) is 11.4. The highest BCUT2D eigenvalue weighted by Gasteiger charge is 2.24. The molecule has 5 rings (SSSR count). The number of H-pyrrole nitrogens is 1. The van der Waals surface area contributed by atoms with Crippen LogP contribution < -0.4 is 5.56 Å². The van der Waals surface area contributed by atoms with Crippen LogP contribution in [-0.2, 0) is 20.5 Å². The molecule has 0 aliphatic carbocycles. The molecule has 0 radical (unpaired) electrons. The largest absolute Gasteiger partial charge is 0.311 e. The van der Waals surface area contributed by atoms with Gasteiger partial charge in [0, 0.05) is 44.7 Å². The highest BCUT2D eigenvalue weighted by atomic mass is 16.1. The molecule has 0 spiro atoms. The summed E-state index contributed by atoms with van der Waals surface area (Å²) in [4.78, 5) is 22.0. The summed E-state index contributed by atoms with van der Waals surface area (Å²) in [6.07, 6.45) is 4.21. The Hall–Kier alpha value is -3.81. The van der Waals surface area contributed by atoms with Gasteiger partial charge in [0.15, 0.2) is 0 Å². The molecule has 4 aromatic rings. The first-order valence-corrected chi connectivity index (χ1v) is 9.37. The fraction of sp³-hybridized carbons (Fsp3) is 0.190. The molecule has 1 aliphatic rings. The Labute approximate surface area is 166 Å². The Morgan fingerprint density at radius 1 is 1.07 bits per heavy atom. The van der Waals surface area contributed by atoms with E-state index in [9.17, 15) is 4.79 Å². The maximum atomic E-state index is 12.3. The third kappa shape index (κ3) is 2.80. The summed E-state index contributed by atoms with van der Waals surface area (Å²) in [5.74, 6) is 0. The number of aromatic amines is 1. The summed E-state index contributed by atoms with van der Waals surface area (Å²) in [7, 11) is 3.68. The summed E-state index contributed by atoms with van der Waals surface area (Å²) in [5.41, 5.74) is 6.97. The zero-order chi connectivity index (χ0) is 20.0. The van der Waals surface area contributed by atoms with Crippen LogP contribution in [0.25, 0.3) is 22.6 Å². The van der Waals surface area contributed by atoms with Gasteiger partial charge in [0.25, 0.3) is 5.56 Å². The fourth-order valence-electron chi connectivity index (χ4n) is 3.79. The monoisotopic (exact) mass is 385 g/mol. The minimum absolute atomic E-state index is 0.0478. The number of aromatic nitrogens is 6. The molecule has 0 unspecified atom stereocenters. The molecule has 5 heterocycles. The smallest absolute Gasteiger partial charge is 0.250 e. The molecule has 0 saturated heterocycles. The standard InChI is InChI=1S/C21H19N7O/c1-27-17(4-3-5-19(27)29)14-12-16(18-8-11-24-28(18)2)25-20-13(14)6-9-22-21(20)15-7-10-23-26-15/h3-5,7-8,10-12H,6,9H2,1-2H3,(H,23,26). The molecule has 0 aromatic carbocycles. The Morgan fingerprint density at radius 3 is 2.72 bits per heavy atom. The molecule has 0 amide bonds. The van der Waals surface area contributed by atoms with E-state index in [1.165, 1.54) is 0 Å². The third-order valence-electron chi connectivity index (χ3n) is 5.28. The first kappa shape index (κ1) is 17.3. The van der Waals surface area contributed by atoms with Crippen molar-refractivity contribution in [3.63, 3.8) is 0 Å². The molecule has 1 N–H and O–H groups in total. The topological polar surface area (TPSA) is 93.7 Å². The lowest BCUT2D eigenvalue weighted by Gasteiger charge is -2.21. The number of nitrogens with zero attached hydrogens (tertiary/aromatic N) is 6. The summed E-state index contributed by atoms with van der Waals surface area (Å²) >= 11 is 0. The maximum Gasteiger partial charge on any atom is 0.250 e. The summed E-state index contributed by atoms with van der Waals surface area (Å²) in [6.45, 7) is 0.655. The van der Waals surface area contributed by atoms with Crippen molar-refractivity contribution < 1.29 is 0 Å². The van der Waals surface area contributed by atoms with Gasteiger partial charge >= 0.3 is 0 Å². The van der Waals surface area contributed by atoms with Crippen LogP contribution in [0.3, 0.4) is 0 Å². The van der Waals surface area contributed by atoms with Crippen LogP contribution in [0.15, 0.2) is 58.6 Å². The zero-order valence-corrected chi connectivity index (χ0v) is 16.1. The number of aliphatic imine (C=N–C) groups is 1. The van der Waals surface area contributed by atoms with E-state index >= 15 is 0 Å². The Balaban J connectivity index is 1.83. The molecular weight excluding hydrogens is 366 g/mol. The predicted molar refractivity (Wildman–Crippen MR) is 110 cm³/mol. The minimum Gasteiger partial charge on any atom is -0.311 e. The van der Waals surface area contributed by atoms with Gasteiger partial charge in [-0.25, -0.2) is 4.98 Å². The second-order valence-corrected chi connectivity index (χ2v) is 6.98. The second kappa shape index (κ2) is 6.66. The van der Waals surface area contributed by atoms with Crippen molar-refractivity contribution in [2.75, 3.05) is 6.54 Å². The molecule has 0 fully saturated rings. The first-order valence-electron chi connectivity index (χ1n) is 9.37. The molecule has 8 heteroatoms. The predicted octanol–water partition coefficient (Wildman–Crippen LogP) is 1.96. The fourth-order valence-corrected chi connectivity index (χ4v) is 3.79. The van der Waals surface area contributed by atoms with E-state index in [0.717, 1.165) is 51.7 Å². The van der Waals surface area contributed by atoms with Crippen LogP contribution in [0.4, 0.5) is 0 Å². The van der Waals surface area contributed by atoms with Gasteiger partial charge in [-0.15, -0.1) is 0 Å². The number of hydrogen-bond donors (Lipinski definition) is 1. The SMILES string of the molecule is Cn1nccc1-c1cc(-c2cccc(=O)n2C)c2c(n1)C(c1ccn[nH]1)=NCC2. The number of pyridine rings is 2. The van der Waals surface area contributed by atoms with Crippen LogP contribution in [0.2, 0.25) is 0 Å². The number of nitrogens with one attached hydrogen (secondary N) is 1. The molecule has 8 nitrogen and oxygen atoms in total. The van der Waals surface area contributed by atoms with E-state index in [-0.39, 0.29) is 5.56 Å². The lowest BCUT2D eigenvalue weighted by Crippen LogP contribution is -2.21. The van der Waals surface area contributed by atoms with Crippen LogP contribution >= 0.6 is 0 Å². The van der Waals surface area contributed by atoms with Crippen molar-refractivity contribution in [3.05, 3.63) is 76.1 Å². The maximum absolute atomic E-state index is 12.3. The average molecular weight is 385 g/mol. The molecule has 29 heavy (non-hydrogen) atoms. The van der Waals surface area contributed by atoms with Crippen molar-refractivity contribution in [1.82, 2.24) is 29.5 Å². The highest BCUT2D eigenvalue weighted by Crippen LogP contribution is 2.32. The van der Waals surface area contributed by atoms with Crippen LogP contribution in [-0.4, -0.2) is 41.8 Å². The van der Waals surface area contributed by atoms with Gasteiger partial charge in [0.1, 0.15) is 5.71 Å². The number of rotatable bonds is 3. The molecule has 0 saturated carbocycles. The van der Waals surface area contributed by atoms with E-state index in [4.69, 9.17) is 9.98 Å². The van der Waals surface area contributed by atoms with E-state index in [1.54, 1.807) is 40.8 Å². The average Bonchev–Trinajstić information content (AvgIpc) is 3.41. The molecule has 1 aliphatic heterocycles. The van der Waals surface area contributed by atoms with Crippen molar-refractivity contribution in [2.45, 2.75) is 6.42 Å². The molecule has 0 atom stereocenters. The van der Waals surface area contributed by atoms with E-state index in [2.05, 4.69) is 15.3 Å². The number of fused-ring (bicyclic) bond motifs is 1. The lowest BCUT2D eigenvalue weighted by atomic mass is 9.93. The van der Waals surface area contributed by atoms with Crippen molar-refractivity contribution >= 4 is 5.71 Å². The summed E-state index contributed by atoms with van der Waals surface area (Å²) < 4.78 is 3.46. The van der Waals surface area contributed by atoms with Gasteiger partial charge in [-0.3, -0.25) is 19.6 Å². The van der Waals surface area contributed by atoms with E-state index in [1.807, 2.05) is 31.3 Å². The second-order valence-electron chi connectivity index (χ2n) is 6.98. The highest BCUT2D eigenvalue weighted by molar-refractivity contribution is 6.12. The van der Waals surface area contributed by atoms with Crippen LogP contribution in [0.5, 0.6) is 0 Å². The third-order valence-corrected chi connectivity index (χ3v) is 5.28. The van der Waals surface area contributed by atoms with Gasteiger partial charge < -0.3 is 4.57 Å². The van der Waals surface area contributed by atoms with Gasteiger partial charge in [0.2, 0.25) is 0 Å². The van der Waals surface area contributed by atoms with Gasteiger partial charge in [0.05, 0.1) is 28.5 Å². The first-order chi connectivity index (χ1) is 14.1. The van der Waals surface area contributed by atoms with Crippen LogP contribution in [0, 0.1) is 0 Å². The molecule has 4 aromatic heterocycles. The molecule has 0 bridgehead atoms. The zero-order valence-electron chi connectivity index (χ0n) is 16.1. The number of aryl methyl sites for hydroxylation is 1. The minimum atomic E-state index is -0.0478. The Kier molecular flexibility index (Phi) is 3.97. The van der Waals surface area contributed by atoms with E-state index < -0.39 is 0 Å². The van der Waals surface area contributed by atoms with Gasteiger partial charge in [-0.2, -0.15) is 10.2 Å². The lowest BCUT2D eigenvalue weighted by molar-refractivity contribution is 0.772. The van der Waals surface area contributed by atoms with Gasteiger partial charge in [-0.05, 0) is 36.2 Å². The van der Waals surface area contributed by atoms with Crippen molar-refractivity contribution in [3.8, 4) is 22.6 Å². The Bertz CT molecular complexity index is 1300. The molecule has 144 valence electrons. The Morgan fingerprint density at radius 2 is 1.97 bits per heavy atom. The summed E-state index contributed by atoms with van der Waals surface area (Å²) in [6, 6.07) is 11.2. The van der Waals surface area contributed by atoms with Gasteiger partial charge in [-0.1, -0.05) is 6.07 Å². The van der Waals surface area contributed by atoms with E-state index in [0.29, 0.717) is 6.54 Å². The van der Waals surface area contributed by atoms with Crippen molar-refractivity contribution in [1.29, 1.82) is 0 Å². The van der Waals surface area contributed by atoms with Crippen molar-refractivity contribution in [2.24, 2.45) is 19.1 Å². The molecular formula is C21H19N7O. The number of hydrogen-bond acceptors (Lipinski definition) is 5. The normalized spacial score (nSPS) is 13.2. The van der Waals surface area contributed by atoms with Crippen LogP contribution in [0.1, 0.15) is 17.0 Å². The quantitative estimate of drug-likeness (QED) is 0.583.